The number of carbonyl (C=O) groups excluding carboxylic acids is 2. The second kappa shape index (κ2) is 8.19. The lowest BCUT2D eigenvalue weighted by Gasteiger charge is -2.17. The highest BCUT2D eigenvalue weighted by Gasteiger charge is 2.25. The predicted octanol–water partition coefficient (Wildman–Crippen LogP) is 1.11. The third kappa shape index (κ3) is 4.74. The smallest absolute Gasteiger partial charge is 0.310 e. The van der Waals surface area contributed by atoms with Crippen LogP contribution >= 0.6 is 11.8 Å². The van der Waals surface area contributed by atoms with E-state index in [4.69, 9.17) is 4.74 Å². The monoisotopic (exact) mass is 322 g/mol. The molecule has 1 fully saturated rings. The second-order valence-electron chi connectivity index (χ2n) is 5.43. The molecule has 22 heavy (non-hydrogen) atoms. The van der Waals surface area contributed by atoms with E-state index in [0.717, 1.165) is 22.8 Å². The molecule has 1 heterocycles. The van der Waals surface area contributed by atoms with Crippen molar-refractivity contribution in [2.24, 2.45) is 5.92 Å². The van der Waals surface area contributed by atoms with Crippen molar-refractivity contribution in [1.82, 2.24) is 10.6 Å². The van der Waals surface area contributed by atoms with E-state index in [1.165, 1.54) is 7.11 Å². The molecule has 0 aliphatic carbocycles. The van der Waals surface area contributed by atoms with Crippen molar-refractivity contribution in [2.75, 3.05) is 25.3 Å². The fraction of sp³-hybridized carbons (Fsp3) is 0.500. The van der Waals surface area contributed by atoms with Crippen LogP contribution in [0.1, 0.15) is 11.1 Å². The van der Waals surface area contributed by atoms with Crippen LogP contribution < -0.4 is 10.6 Å². The molecule has 5 nitrogen and oxygen atoms in total. The Morgan fingerprint density at radius 2 is 2.32 bits per heavy atom. The van der Waals surface area contributed by atoms with Gasteiger partial charge in [0.1, 0.15) is 0 Å². The van der Waals surface area contributed by atoms with Crippen molar-refractivity contribution >= 4 is 23.6 Å². The van der Waals surface area contributed by atoms with Crippen LogP contribution in [0.25, 0.3) is 0 Å². The summed E-state index contributed by atoms with van der Waals surface area (Å²) < 4.78 is 4.86. The topological polar surface area (TPSA) is 67.4 Å². The van der Waals surface area contributed by atoms with Crippen LogP contribution in [0, 0.1) is 12.8 Å². The molecule has 1 saturated heterocycles. The Bertz CT molecular complexity index is 530. The summed E-state index contributed by atoms with van der Waals surface area (Å²) in [5.74, 6) is 0.845. The molecule has 2 unspecified atom stereocenters. The first kappa shape index (κ1) is 16.8. The summed E-state index contributed by atoms with van der Waals surface area (Å²) in [5, 5.41) is 5.97. The fourth-order valence-corrected chi connectivity index (χ4v) is 3.38. The highest BCUT2D eigenvalue weighted by molar-refractivity contribution is 7.99. The van der Waals surface area contributed by atoms with Gasteiger partial charge in [-0.2, -0.15) is 0 Å². The van der Waals surface area contributed by atoms with Gasteiger partial charge in [0.15, 0.2) is 0 Å². The van der Waals surface area contributed by atoms with Crippen LogP contribution in [0.2, 0.25) is 0 Å². The first-order chi connectivity index (χ1) is 10.6. The molecule has 0 spiro atoms. The molecular formula is C16H22N2O3S. The first-order valence-electron chi connectivity index (χ1n) is 7.32. The van der Waals surface area contributed by atoms with Crippen molar-refractivity contribution < 1.29 is 14.3 Å². The highest BCUT2D eigenvalue weighted by atomic mass is 32.2. The maximum absolute atomic E-state index is 12.0. The zero-order valence-corrected chi connectivity index (χ0v) is 13.7. The van der Waals surface area contributed by atoms with E-state index in [9.17, 15) is 9.59 Å². The third-order valence-corrected chi connectivity index (χ3v) is 4.59. The molecule has 2 N–H and O–H groups in total. The van der Waals surface area contributed by atoms with Crippen LogP contribution in [0.3, 0.4) is 0 Å². The molecule has 6 heteroatoms. The molecular weight excluding hydrogens is 300 g/mol. The summed E-state index contributed by atoms with van der Waals surface area (Å²) in [6, 6.07) is 7.86. The maximum Gasteiger partial charge on any atom is 0.310 e. The van der Waals surface area contributed by atoms with Gasteiger partial charge in [0.25, 0.3) is 0 Å². The summed E-state index contributed by atoms with van der Waals surface area (Å²) in [5.41, 5.74) is 2.22. The van der Waals surface area contributed by atoms with E-state index in [0.29, 0.717) is 13.0 Å². The Balaban J connectivity index is 1.94. The molecule has 2 atom stereocenters. The molecule has 1 aromatic rings. The Hall–Kier alpha value is -1.53. The van der Waals surface area contributed by atoms with E-state index in [1.54, 1.807) is 11.8 Å². The van der Waals surface area contributed by atoms with Crippen LogP contribution in [0.4, 0.5) is 0 Å². The van der Waals surface area contributed by atoms with E-state index < -0.39 is 0 Å². The quantitative estimate of drug-likeness (QED) is 0.768. The largest absolute Gasteiger partial charge is 0.469 e. The van der Waals surface area contributed by atoms with Gasteiger partial charge in [-0.15, -0.1) is 11.8 Å². The average molecular weight is 322 g/mol. The van der Waals surface area contributed by atoms with Gasteiger partial charge in [0, 0.05) is 18.2 Å². The SMILES string of the molecule is COC(=O)C(CNC(=O)C1CSCN1)Cc1cccc(C)c1. The minimum Gasteiger partial charge on any atom is -0.469 e. The van der Waals surface area contributed by atoms with E-state index >= 15 is 0 Å². The number of amides is 1. The number of nitrogens with one attached hydrogen (secondary N) is 2. The Morgan fingerprint density at radius 1 is 1.50 bits per heavy atom. The highest BCUT2D eigenvalue weighted by Crippen LogP contribution is 2.13. The van der Waals surface area contributed by atoms with Crippen molar-refractivity contribution in [1.29, 1.82) is 0 Å². The zero-order chi connectivity index (χ0) is 15.9. The van der Waals surface area contributed by atoms with Gasteiger partial charge in [0.05, 0.1) is 19.1 Å². The predicted molar refractivity (Wildman–Crippen MR) is 87.6 cm³/mol. The summed E-state index contributed by atoms with van der Waals surface area (Å²) in [6.45, 7) is 2.31. The van der Waals surface area contributed by atoms with Crippen molar-refractivity contribution in [3.63, 3.8) is 0 Å². The summed E-state index contributed by atoms with van der Waals surface area (Å²) in [7, 11) is 1.38. The Labute approximate surface area is 135 Å². The molecule has 0 radical (unpaired) electrons. The van der Waals surface area contributed by atoms with Crippen molar-refractivity contribution in [3.8, 4) is 0 Å². The molecule has 0 aromatic heterocycles. The van der Waals surface area contributed by atoms with Crippen LogP contribution in [-0.4, -0.2) is 43.2 Å². The Kier molecular flexibility index (Phi) is 6.27. The number of ether oxygens (including phenoxy) is 1. The summed E-state index contributed by atoms with van der Waals surface area (Å²) in [6.07, 6.45) is 0.557. The number of benzene rings is 1. The number of esters is 1. The molecule has 120 valence electrons. The lowest BCUT2D eigenvalue weighted by atomic mass is 9.98. The minimum atomic E-state index is -0.371. The molecule has 1 aromatic carbocycles. The zero-order valence-electron chi connectivity index (χ0n) is 12.9. The van der Waals surface area contributed by atoms with Gasteiger partial charge in [0.2, 0.25) is 5.91 Å². The van der Waals surface area contributed by atoms with E-state index in [-0.39, 0.29) is 23.8 Å². The minimum absolute atomic E-state index is 0.0526. The second-order valence-corrected chi connectivity index (χ2v) is 6.46. The van der Waals surface area contributed by atoms with Crippen molar-refractivity contribution in [2.45, 2.75) is 19.4 Å². The molecule has 1 aliphatic rings. The van der Waals surface area contributed by atoms with Gasteiger partial charge < -0.3 is 10.1 Å². The third-order valence-electron chi connectivity index (χ3n) is 3.65. The number of hydrogen-bond acceptors (Lipinski definition) is 5. The fourth-order valence-electron chi connectivity index (χ4n) is 2.44. The molecule has 1 aliphatic heterocycles. The van der Waals surface area contributed by atoms with E-state index in [2.05, 4.69) is 10.6 Å². The number of methoxy groups -OCH3 is 1. The molecule has 0 bridgehead atoms. The maximum atomic E-state index is 12.0. The van der Waals surface area contributed by atoms with Crippen molar-refractivity contribution in [3.05, 3.63) is 35.4 Å². The first-order valence-corrected chi connectivity index (χ1v) is 8.48. The average Bonchev–Trinajstić information content (AvgIpc) is 3.04. The van der Waals surface area contributed by atoms with E-state index in [1.807, 2.05) is 31.2 Å². The Morgan fingerprint density at radius 3 is 2.95 bits per heavy atom. The number of aryl methyl sites for hydroxylation is 1. The number of hydrogen-bond donors (Lipinski definition) is 2. The molecule has 2 rings (SSSR count). The van der Waals surface area contributed by atoms with Gasteiger partial charge >= 0.3 is 5.97 Å². The lowest BCUT2D eigenvalue weighted by Crippen LogP contribution is -2.45. The van der Waals surface area contributed by atoms with Crippen LogP contribution in [-0.2, 0) is 20.7 Å². The van der Waals surface area contributed by atoms with Gasteiger partial charge in [-0.25, -0.2) is 0 Å². The number of rotatable bonds is 6. The van der Waals surface area contributed by atoms with Crippen LogP contribution in [0.5, 0.6) is 0 Å². The van der Waals surface area contributed by atoms with Gasteiger partial charge in [-0.3, -0.25) is 14.9 Å². The standard InChI is InChI=1S/C16H22N2O3S/c1-11-4-3-5-12(6-11)7-13(16(20)21-2)8-17-15(19)14-9-22-10-18-14/h3-6,13-14,18H,7-10H2,1-2H3,(H,17,19). The molecule has 0 saturated carbocycles. The number of thioether (sulfide) groups is 1. The summed E-state index contributed by atoms with van der Waals surface area (Å²) in [4.78, 5) is 24.0. The lowest BCUT2D eigenvalue weighted by molar-refractivity contribution is -0.145. The van der Waals surface area contributed by atoms with Crippen LogP contribution in [0.15, 0.2) is 24.3 Å². The van der Waals surface area contributed by atoms with Gasteiger partial charge in [-0.1, -0.05) is 29.8 Å². The van der Waals surface area contributed by atoms with Gasteiger partial charge in [-0.05, 0) is 18.9 Å². The molecule has 1 amide bonds. The normalized spacial score (nSPS) is 18.7. The summed E-state index contributed by atoms with van der Waals surface area (Å²) >= 11 is 1.70. The number of carbonyl (C=O) groups is 2.